The van der Waals surface area contributed by atoms with Gasteiger partial charge < -0.3 is 5.32 Å². The lowest BCUT2D eigenvalue weighted by atomic mass is 10.3. The standard InChI is InChI=1S/C10H13N5O/c1-7-4-8(2)14-10(13-7)15(6-11)5-9(16)12-3/h4H,5H2,1-3H3,(H,12,16). The number of nitrogens with one attached hydrogen (secondary N) is 1. The molecular weight excluding hydrogens is 206 g/mol. The molecule has 0 radical (unpaired) electrons. The molecule has 16 heavy (non-hydrogen) atoms. The van der Waals surface area contributed by atoms with E-state index in [2.05, 4.69) is 15.3 Å². The highest BCUT2D eigenvalue weighted by atomic mass is 16.1. The van der Waals surface area contributed by atoms with Gasteiger partial charge >= 0.3 is 0 Å². The first-order chi connectivity index (χ1) is 7.56. The maximum atomic E-state index is 11.2. The van der Waals surface area contributed by atoms with Gasteiger partial charge in [0.15, 0.2) is 6.19 Å². The molecule has 0 bridgehead atoms. The van der Waals surface area contributed by atoms with Crippen molar-refractivity contribution in [3.63, 3.8) is 0 Å². The van der Waals surface area contributed by atoms with Gasteiger partial charge in [0.05, 0.1) is 0 Å². The first-order valence-corrected chi connectivity index (χ1v) is 4.77. The van der Waals surface area contributed by atoms with Gasteiger partial charge in [0.25, 0.3) is 0 Å². The highest BCUT2D eigenvalue weighted by Crippen LogP contribution is 2.08. The fourth-order valence-electron chi connectivity index (χ4n) is 1.20. The second kappa shape index (κ2) is 5.07. The normalized spacial score (nSPS) is 9.38. The van der Waals surface area contributed by atoms with Crippen molar-refractivity contribution in [3.05, 3.63) is 17.5 Å². The number of rotatable bonds is 3. The van der Waals surface area contributed by atoms with Crippen LogP contribution in [0.1, 0.15) is 11.4 Å². The molecule has 0 aliphatic carbocycles. The summed E-state index contributed by atoms with van der Waals surface area (Å²) in [5.74, 6) is -0.00657. The van der Waals surface area contributed by atoms with Crippen LogP contribution in [0.15, 0.2) is 6.07 Å². The summed E-state index contributed by atoms with van der Waals surface area (Å²) in [5.41, 5.74) is 1.53. The molecule has 1 aromatic rings. The van der Waals surface area contributed by atoms with Crippen molar-refractivity contribution in [3.8, 4) is 6.19 Å². The number of amides is 1. The predicted molar refractivity (Wildman–Crippen MR) is 58.5 cm³/mol. The van der Waals surface area contributed by atoms with Crippen LogP contribution in [0, 0.1) is 25.3 Å². The molecule has 6 heteroatoms. The van der Waals surface area contributed by atoms with Gasteiger partial charge in [-0.05, 0) is 19.9 Å². The number of aryl methyl sites for hydroxylation is 2. The van der Waals surface area contributed by atoms with Crippen LogP contribution in [0.2, 0.25) is 0 Å². The second-order valence-electron chi connectivity index (χ2n) is 3.31. The Hall–Kier alpha value is -2.16. The Bertz CT molecular complexity index is 417. The summed E-state index contributed by atoms with van der Waals surface area (Å²) in [5, 5.41) is 11.4. The van der Waals surface area contributed by atoms with Crippen LogP contribution < -0.4 is 10.2 Å². The van der Waals surface area contributed by atoms with Gasteiger partial charge in [-0.15, -0.1) is 0 Å². The van der Waals surface area contributed by atoms with Gasteiger partial charge in [-0.3, -0.25) is 4.79 Å². The first-order valence-electron chi connectivity index (χ1n) is 4.77. The van der Waals surface area contributed by atoms with E-state index in [1.807, 2.05) is 20.0 Å². The Morgan fingerprint density at radius 2 is 2.06 bits per heavy atom. The van der Waals surface area contributed by atoms with E-state index >= 15 is 0 Å². The van der Waals surface area contributed by atoms with Gasteiger partial charge in [0.1, 0.15) is 6.54 Å². The van der Waals surface area contributed by atoms with Crippen molar-refractivity contribution in [1.82, 2.24) is 15.3 Å². The van der Waals surface area contributed by atoms with Gasteiger partial charge in [0.2, 0.25) is 11.9 Å². The molecule has 0 saturated carbocycles. The third kappa shape index (κ3) is 2.92. The molecule has 1 heterocycles. The van der Waals surface area contributed by atoms with Crippen molar-refractivity contribution in [2.75, 3.05) is 18.5 Å². The molecule has 0 aromatic carbocycles. The molecule has 0 unspecified atom stereocenters. The Morgan fingerprint density at radius 1 is 1.50 bits per heavy atom. The monoisotopic (exact) mass is 219 g/mol. The van der Waals surface area contributed by atoms with Crippen molar-refractivity contribution >= 4 is 11.9 Å². The number of anilines is 1. The van der Waals surface area contributed by atoms with Crippen LogP contribution in [-0.2, 0) is 4.79 Å². The average molecular weight is 219 g/mol. The fourth-order valence-corrected chi connectivity index (χ4v) is 1.20. The highest BCUT2D eigenvalue weighted by molar-refractivity contribution is 5.81. The predicted octanol–water partition coefficient (Wildman–Crippen LogP) is 0.127. The van der Waals surface area contributed by atoms with Crippen LogP contribution in [0.5, 0.6) is 0 Å². The lowest BCUT2D eigenvalue weighted by Gasteiger charge is -2.13. The van der Waals surface area contributed by atoms with E-state index in [0.29, 0.717) is 0 Å². The summed E-state index contributed by atoms with van der Waals surface area (Å²) in [6, 6.07) is 1.80. The van der Waals surface area contributed by atoms with E-state index in [1.165, 1.54) is 7.05 Å². The van der Waals surface area contributed by atoms with Crippen molar-refractivity contribution in [2.24, 2.45) is 0 Å². The summed E-state index contributed by atoms with van der Waals surface area (Å²) in [4.78, 5) is 20.5. The molecule has 0 saturated heterocycles. The third-order valence-corrected chi connectivity index (χ3v) is 1.91. The largest absolute Gasteiger partial charge is 0.358 e. The zero-order valence-electron chi connectivity index (χ0n) is 9.48. The first kappa shape index (κ1) is 11.9. The van der Waals surface area contributed by atoms with Gasteiger partial charge in [-0.1, -0.05) is 0 Å². The molecule has 1 aromatic heterocycles. The Labute approximate surface area is 93.9 Å². The molecular formula is C10H13N5O. The second-order valence-corrected chi connectivity index (χ2v) is 3.31. The quantitative estimate of drug-likeness (QED) is 0.577. The third-order valence-electron chi connectivity index (χ3n) is 1.91. The topological polar surface area (TPSA) is 81.9 Å². The van der Waals surface area contributed by atoms with E-state index in [4.69, 9.17) is 5.26 Å². The number of nitriles is 1. The molecule has 0 fully saturated rings. The van der Waals surface area contributed by atoms with E-state index in [1.54, 1.807) is 6.07 Å². The lowest BCUT2D eigenvalue weighted by Crippen LogP contribution is -2.33. The lowest BCUT2D eigenvalue weighted by molar-refractivity contribution is -0.119. The summed E-state index contributed by atoms with van der Waals surface area (Å²) in [6.07, 6.45) is 1.89. The summed E-state index contributed by atoms with van der Waals surface area (Å²) < 4.78 is 0. The molecule has 0 spiro atoms. The smallest absolute Gasteiger partial charge is 0.240 e. The minimum Gasteiger partial charge on any atom is -0.358 e. The highest BCUT2D eigenvalue weighted by Gasteiger charge is 2.13. The summed E-state index contributed by atoms with van der Waals surface area (Å²) >= 11 is 0. The Kier molecular flexibility index (Phi) is 3.78. The summed E-state index contributed by atoms with van der Waals surface area (Å²) in [7, 11) is 1.51. The molecule has 84 valence electrons. The maximum absolute atomic E-state index is 11.2. The van der Waals surface area contributed by atoms with E-state index in [9.17, 15) is 4.79 Å². The van der Waals surface area contributed by atoms with E-state index in [-0.39, 0.29) is 18.4 Å². The zero-order chi connectivity index (χ0) is 12.1. The molecule has 1 N–H and O–H groups in total. The van der Waals surface area contributed by atoms with Gasteiger partial charge in [-0.2, -0.15) is 5.26 Å². The molecule has 0 aliphatic heterocycles. The molecule has 1 rings (SSSR count). The van der Waals surface area contributed by atoms with Crippen molar-refractivity contribution in [2.45, 2.75) is 13.8 Å². The van der Waals surface area contributed by atoms with Gasteiger partial charge in [0, 0.05) is 18.4 Å². The average Bonchev–Trinajstić information content (AvgIpc) is 2.24. The Morgan fingerprint density at radius 3 is 2.50 bits per heavy atom. The minimum atomic E-state index is -0.260. The molecule has 6 nitrogen and oxygen atoms in total. The molecule has 0 atom stereocenters. The number of likely N-dealkylation sites (N-methyl/N-ethyl adjacent to an activating group) is 1. The van der Waals surface area contributed by atoms with Crippen LogP contribution in [0.3, 0.4) is 0 Å². The number of hydrogen-bond donors (Lipinski definition) is 1. The van der Waals surface area contributed by atoms with Crippen LogP contribution in [-0.4, -0.2) is 29.5 Å². The summed E-state index contributed by atoms with van der Waals surface area (Å²) in [6.45, 7) is 3.55. The fraction of sp³-hybridized carbons (Fsp3) is 0.400. The zero-order valence-corrected chi connectivity index (χ0v) is 9.48. The number of carbonyl (C=O) groups excluding carboxylic acids is 1. The molecule has 1 amide bonds. The Balaban J connectivity index is 2.96. The van der Waals surface area contributed by atoms with Gasteiger partial charge in [-0.25, -0.2) is 14.9 Å². The van der Waals surface area contributed by atoms with Crippen molar-refractivity contribution in [1.29, 1.82) is 5.26 Å². The van der Waals surface area contributed by atoms with Crippen molar-refractivity contribution < 1.29 is 4.79 Å². The van der Waals surface area contributed by atoms with Crippen LogP contribution >= 0.6 is 0 Å². The van der Waals surface area contributed by atoms with E-state index in [0.717, 1.165) is 16.3 Å². The van der Waals surface area contributed by atoms with Crippen LogP contribution in [0.4, 0.5) is 5.95 Å². The number of carbonyl (C=O) groups is 1. The number of aromatic nitrogens is 2. The minimum absolute atomic E-state index is 0.0735. The van der Waals surface area contributed by atoms with E-state index < -0.39 is 0 Å². The number of hydrogen-bond acceptors (Lipinski definition) is 5. The SMILES string of the molecule is CNC(=O)CN(C#N)c1nc(C)cc(C)n1. The molecule has 0 aliphatic rings. The number of nitrogens with zero attached hydrogens (tertiary/aromatic N) is 4. The maximum Gasteiger partial charge on any atom is 0.240 e. The van der Waals surface area contributed by atoms with Crippen LogP contribution in [0.25, 0.3) is 0 Å².